The van der Waals surface area contributed by atoms with E-state index in [1.807, 2.05) is 48.5 Å². The first-order valence-electron chi connectivity index (χ1n) is 19.2. The smallest absolute Gasteiger partial charge is 0.163 e. The van der Waals surface area contributed by atoms with Crippen molar-refractivity contribution < 1.29 is 8.83 Å². The molecule has 0 saturated heterocycles. The molecule has 57 heavy (non-hydrogen) atoms. The van der Waals surface area contributed by atoms with Gasteiger partial charge >= 0.3 is 0 Å². The van der Waals surface area contributed by atoms with E-state index in [1.54, 1.807) is 0 Å². The van der Waals surface area contributed by atoms with Gasteiger partial charge in [0.25, 0.3) is 0 Å². The molecule has 1 aliphatic rings. The van der Waals surface area contributed by atoms with Gasteiger partial charge < -0.3 is 18.7 Å². The molecule has 6 nitrogen and oxygen atoms in total. The number of hydrogen-bond donors (Lipinski definition) is 1. The van der Waals surface area contributed by atoms with E-state index in [0.29, 0.717) is 5.84 Å². The van der Waals surface area contributed by atoms with E-state index in [0.717, 1.165) is 77.7 Å². The first-order chi connectivity index (χ1) is 28.2. The summed E-state index contributed by atoms with van der Waals surface area (Å²) in [5.74, 6) is 1.35. The van der Waals surface area contributed by atoms with Crippen LogP contribution in [0.5, 0.6) is 0 Å². The summed E-state index contributed by atoms with van der Waals surface area (Å²) in [4.78, 5) is 10.3. The number of fused-ring (bicyclic) bond motifs is 9. The van der Waals surface area contributed by atoms with Crippen molar-refractivity contribution in [1.82, 2.24) is 9.88 Å². The molecule has 1 unspecified atom stereocenters. The SMILES string of the molecule is c1ccc(C2N=C(c3cccc4c3oc3ccccc34)N=C(c3ccc4oc5cc(-c6cccc7c6c6ccccc6n7-c6ccccc6)ccc5c4c3)N2)cc1. The lowest BCUT2D eigenvalue weighted by molar-refractivity contribution is 0.663. The lowest BCUT2D eigenvalue weighted by atomic mass is 9.98. The molecule has 0 radical (unpaired) electrons. The molecule has 0 saturated carbocycles. The van der Waals surface area contributed by atoms with Crippen LogP contribution in [0.1, 0.15) is 22.9 Å². The minimum Gasteiger partial charge on any atom is -0.456 e. The predicted molar refractivity (Wildman–Crippen MR) is 233 cm³/mol. The molecule has 1 N–H and O–H groups in total. The highest BCUT2D eigenvalue weighted by Gasteiger charge is 2.24. The van der Waals surface area contributed by atoms with Crippen molar-refractivity contribution in [3.8, 4) is 16.8 Å². The molecule has 268 valence electrons. The average molecular weight is 733 g/mol. The number of rotatable bonds is 5. The number of hydrogen-bond acceptors (Lipinski definition) is 5. The van der Waals surface area contributed by atoms with Crippen molar-refractivity contribution in [2.24, 2.45) is 9.98 Å². The van der Waals surface area contributed by atoms with E-state index in [4.69, 9.17) is 18.8 Å². The lowest BCUT2D eigenvalue weighted by Crippen LogP contribution is -2.33. The second-order valence-corrected chi connectivity index (χ2v) is 14.6. The number of benzene rings is 8. The first kappa shape index (κ1) is 31.6. The van der Waals surface area contributed by atoms with E-state index < -0.39 is 0 Å². The molecule has 11 aromatic rings. The molecule has 1 atom stereocenters. The lowest BCUT2D eigenvalue weighted by Gasteiger charge is -2.23. The quantitative estimate of drug-likeness (QED) is 0.192. The van der Waals surface area contributed by atoms with Crippen LogP contribution in [0, 0.1) is 0 Å². The number of nitrogens with one attached hydrogen (secondary N) is 1. The van der Waals surface area contributed by atoms with Gasteiger partial charge in [0.2, 0.25) is 0 Å². The van der Waals surface area contributed by atoms with Crippen LogP contribution in [0.4, 0.5) is 0 Å². The third-order valence-electron chi connectivity index (χ3n) is 11.3. The van der Waals surface area contributed by atoms with Crippen molar-refractivity contribution in [2.75, 3.05) is 0 Å². The van der Waals surface area contributed by atoms with Crippen LogP contribution >= 0.6 is 0 Å². The van der Waals surface area contributed by atoms with Gasteiger partial charge in [-0.1, -0.05) is 115 Å². The fraction of sp³-hybridized carbons (Fsp3) is 0.0196. The Labute approximate surface area is 326 Å². The zero-order valence-electron chi connectivity index (χ0n) is 30.6. The fourth-order valence-electron chi connectivity index (χ4n) is 8.65. The summed E-state index contributed by atoms with van der Waals surface area (Å²) in [6.07, 6.45) is -0.344. The molecule has 0 bridgehead atoms. The maximum Gasteiger partial charge on any atom is 0.163 e. The van der Waals surface area contributed by atoms with E-state index in [1.165, 1.54) is 27.4 Å². The van der Waals surface area contributed by atoms with Crippen molar-refractivity contribution in [3.05, 3.63) is 199 Å². The van der Waals surface area contributed by atoms with Crippen molar-refractivity contribution in [3.63, 3.8) is 0 Å². The van der Waals surface area contributed by atoms with Gasteiger partial charge in [-0.3, -0.25) is 0 Å². The van der Waals surface area contributed by atoms with E-state index in [9.17, 15) is 0 Å². The van der Waals surface area contributed by atoms with Crippen LogP contribution in [0.15, 0.2) is 201 Å². The van der Waals surface area contributed by atoms with Gasteiger partial charge in [-0.25, -0.2) is 9.98 Å². The Morgan fingerprint density at radius 2 is 1.16 bits per heavy atom. The normalized spacial score (nSPS) is 14.5. The second kappa shape index (κ2) is 12.4. The highest BCUT2D eigenvalue weighted by molar-refractivity contribution is 6.21. The van der Waals surface area contributed by atoms with Gasteiger partial charge in [0, 0.05) is 43.6 Å². The highest BCUT2D eigenvalue weighted by atomic mass is 16.3. The molecule has 3 aromatic heterocycles. The molecule has 8 aromatic carbocycles. The van der Waals surface area contributed by atoms with Crippen LogP contribution in [0.3, 0.4) is 0 Å². The van der Waals surface area contributed by atoms with E-state index >= 15 is 0 Å². The molecular formula is C51H32N4O2. The number of aliphatic imine (C=N–C) groups is 2. The molecule has 1 aliphatic heterocycles. The van der Waals surface area contributed by atoms with Crippen molar-refractivity contribution in [2.45, 2.75) is 6.17 Å². The summed E-state index contributed by atoms with van der Waals surface area (Å²) in [7, 11) is 0. The fourth-order valence-corrected chi connectivity index (χ4v) is 8.65. The molecular weight excluding hydrogens is 701 g/mol. The van der Waals surface area contributed by atoms with Crippen LogP contribution in [-0.4, -0.2) is 16.2 Å². The zero-order valence-corrected chi connectivity index (χ0v) is 30.6. The van der Waals surface area contributed by atoms with Gasteiger partial charge in [0.15, 0.2) is 5.84 Å². The van der Waals surface area contributed by atoms with Gasteiger partial charge in [-0.2, -0.15) is 0 Å². The van der Waals surface area contributed by atoms with Crippen LogP contribution < -0.4 is 5.32 Å². The van der Waals surface area contributed by atoms with Gasteiger partial charge in [-0.05, 0) is 83.4 Å². The number of amidine groups is 2. The number of nitrogens with zero attached hydrogens (tertiary/aromatic N) is 3. The topological polar surface area (TPSA) is 68.0 Å². The average Bonchev–Trinajstić information content (AvgIpc) is 3.96. The predicted octanol–water partition coefficient (Wildman–Crippen LogP) is 12.7. The first-order valence-corrected chi connectivity index (χ1v) is 19.2. The monoisotopic (exact) mass is 732 g/mol. The Morgan fingerprint density at radius 3 is 2.05 bits per heavy atom. The number of para-hydroxylation sites is 4. The van der Waals surface area contributed by atoms with E-state index in [2.05, 4.69) is 143 Å². The largest absolute Gasteiger partial charge is 0.456 e. The summed E-state index contributed by atoms with van der Waals surface area (Å²) >= 11 is 0. The molecule has 0 spiro atoms. The molecule has 6 heteroatoms. The minimum absolute atomic E-state index is 0.344. The summed E-state index contributed by atoms with van der Waals surface area (Å²) in [5.41, 5.74) is 11.9. The van der Waals surface area contributed by atoms with Gasteiger partial charge in [0.05, 0.1) is 16.6 Å². The van der Waals surface area contributed by atoms with E-state index in [-0.39, 0.29) is 6.17 Å². The summed E-state index contributed by atoms with van der Waals surface area (Å²) in [6.45, 7) is 0. The Morgan fingerprint density at radius 1 is 0.474 bits per heavy atom. The molecule has 0 amide bonds. The maximum absolute atomic E-state index is 6.59. The third-order valence-corrected chi connectivity index (χ3v) is 11.3. The molecule has 12 rings (SSSR count). The molecule has 0 aliphatic carbocycles. The Hall–Kier alpha value is -7.70. The Balaban J connectivity index is 0.982. The summed E-state index contributed by atoms with van der Waals surface area (Å²) in [6, 6.07) is 63.3. The van der Waals surface area contributed by atoms with Gasteiger partial charge in [0.1, 0.15) is 34.3 Å². The standard InChI is InChI=1S/C51H32N4O2/c1-3-13-31(14-4-1)49-52-50(54-51(53-49)40-21-11-20-38-36-17-8-10-24-44(36)57-48(38)40)33-26-28-45-41(29-33)37-27-25-32(30-46(37)56-45)35-19-12-23-43-47(35)39-18-7-9-22-42(39)55(43)34-15-5-2-6-16-34/h1-30,49H,(H,52,53,54). The zero-order chi connectivity index (χ0) is 37.5. The minimum atomic E-state index is -0.344. The molecule has 0 fully saturated rings. The van der Waals surface area contributed by atoms with Crippen LogP contribution in [0.25, 0.3) is 82.5 Å². The van der Waals surface area contributed by atoms with Crippen LogP contribution in [-0.2, 0) is 0 Å². The number of aromatic nitrogens is 1. The Kier molecular flexibility index (Phi) is 6.89. The maximum atomic E-state index is 6.59. The van der Waals surface area contributed by atoms with Crippen LogP contribution in [0.2, 0.25) is 0 Å². The van der Waals surface area contributed by atoms with Crippen molar-refractivity contribution >= 4 is 77.4 Å². The summed E-state index contributed by atoms with van der Waals surface area (Å²) < 4.78 is 15.4. The highest BCUT2D eigenvalue weighted by Crippen LogP contribution is 2.41. The van der Waals surface area contributed by atoms with Crippen molar-refractivity contribution in [1.29, 1.82) is 0 Å². The number of furan rings is 2. The summed E-state index contributed by atoms with van der Waals surface area (Å²) in [5, 5.41) is 10.3. The third kappa shape index (κ3) is 4.97. The van der Waals surface area contributed by atoms with Gasteiger partial charge in [-0.15, -0.1) is 0 Å². The second-order valence-electron chi connectivity index (χ2n) is 14.6. The Bertz CT molecular complexity index is 3440. The molecule has 4 heterocycles.